The van der Waals surface area contributed by atoms with E-state index in [1.165, 1.54) is 12.8 Å². The van der Waals surface area contributed by atoms with Gasteiger partial charge in [-0.15, -0.1) is 0 Å². The van der Waals surface area contributed by atoms with Crippen LogP contribution in [-0.2, 0) is 15.6 Å². The molecule has 0 saturated heterocycles. The third kappa shape index (κ3) is 5.28. The number of hydrogen-bond donors (Lipinski definition) is 2. The Hall–Kier alpha value is -0.420. The summed E-state index contributed by atoms with van der Waals surface area (Å²) in [5.74, 6) is 0.600. The van der Waals surface area contributed by atoms with Gasteiger partial charge in [-0.2, -0.15) is 0 Å². The zero-order valence-electron chi connectivity index (χ0n) is 9.04. The van der Waals surface area contributed by atoms with E-state index in [0.717, 1.165) is 19.3 Å². The molecule has 3 N–H and O–H groups in total. The Morgan fingerprint density at radius 2 is 2.07 bits per heavy atom. The van der Waals surface area contributed by atoms with Crippen LogP contribution in [0.1, 0.15) is 32.1 Å². The summed E-state index contributed by atoms with van der Waals surface area (Å²) in [7, 11) is -1.04. The van der Waals surface area contributed by atoms with Gasteiger partial charge in [0.05, 0.1) is 0 Å². The van der Waals surface area contributed by atoms with Crippen LogP contribution in [0.5, 0.6) is 0 Å². The molecule has 0 radical (unpaired) electrons. The van der Waals surface area contributed by atoms with Crippen molar-refractivity contribution in [3.63, 3.8) is 0 Å². The highest BCUT2D eigenvalue weighted by Gasteiger charge is 2.17. The Labute approximate surface area is 93.4 Å². The van der Waals surface area contributed by atoms with Crippen LogP contribution >= 0.6 is 0 Å². The zero-order valence-corrected chi connectivity index (χ0v) is 9.85. The highest BCUT2D eigenvalue weighted by atomic mass is 32.2. The predicted octanol–water partition coefficient (Wildman–Crippen LogP) is 0.143. The van der Waals surface area contributed by atoms with Crippen molar-refractivity contribution in [3.05, 3.63) is 0 Å². The van der Waals surface area contributed by atoms with Gasteiger partial charge in [-0.25, -0.2) is 0 Å². The molecule has 1 atom stereocenters. The van der Waals surface area contributed by atoms with E-state index in [-0.39, 0.29) is 11.7 Å². The van der Waals surface area contributed by atoms with Gasteiger partial charge in [0.2, 0.25) is 5.91 Å². The fourth-order valence-electron chi connectivity index (χ4n) is 1.80. The molecule has 0 spiro atoms. The predicted molar refractivity (Wildman–Crippen MR) is 61.9 cm³/mol. The third-order valence-corrected chi connectivity index (χ3v) is 3.92. The van der Waals surface area contributed by atoms with Crippen LogP contribution < -0.4 is 11.1 Å². The third-order valence-electron chi connectivity index (χ3n) is 2.59. The Morgan fingerprint density at radius 1 is 1.40 bits per heavy atom. The first-order valence-corrected chi connectivity index (χ1v) is 7.05. The second kappa shape index (κ2) is 6.95. The van der Waals surface area contributed by atoms with Crippen molar-refractivity contribution in [2.75, 3.05) is 18.1 Å². The van der Waals surface area contributed by atoms with Gasteiger partial charge in [0, 0.05) is 22.6 Å². The van der Waals surface area contributed by atoms with Crippen molar-refractivity contribution in [2.24, 2.45) is 5.73 Å². The first-order valence-electron chi connectivity index (χ1n) is 5.57. The van der Waals surface area contributed by atoms with Gasteiger partial charge >= 0.3 is 0 Å². The monoisotopic (exact) mass is 232 g/mol. The molecule has 1 aliphatic rings. The number of rotatable bonds is 6. The average molecular weight is 232 g/mol. The largest absolute Gasteiger partial charge is 0.353 e. The molecule has 5 heteroatoms. The smallest absolute Gasteiger partial charge is 0.232 e. The van der Waals surface area contributed by atoms with E-state index in [1.54, 1.807) is 0 Å². The van der Waals surface area contributed by atoms with E-state index >= 15 is 0 Å². The van der Waals surface area contributed by atoms with E-state index in [9.17, 15) is 9.00 Å². The highest BCUT2D eigenvalue weighted by molar-refractivity contribution is 7.85. The average Bonchev–Trinajstić information content (AvgIpc) is 2.67. The molecule has 88 valence electrons. The van der Waals surface area contributed by atoms with Gasteiger partial charge in [0.25, 0.3) is 0 Å². The number of nitrogens with one attached hydrogen (secondary N) is 1. The first-order chi connectivity index (χ1) is 7.22. The molecule has 0 aromatic carbocycles. The minimum Gasteiger partial charge on any atom is -0.353 e. The minimum atomic E-state index is -1.04. The number of nitrogens with two attached hydrogens (primary N) is 1. The Kier molecular flexibility index (Phi) is 5.86. The van der Waals surface area contributed by atoms with E-state index in [4.69, 9.17) is 5.73 Å². The summed E-state index contributed by atoms with van der Waals surface area (Å²) >= 11 is 0. The lowest BCUT2D eigenvalue weighted by atomic mass is 10.2. The van der Waals surface area contributed by atoms with Crippen molar-refractivity contribution < 1.29 is 9.00 Å². The molecular weight excluding hydrogens is 212 g/mol. The van der Waals surface area contributed by atoms with Crippen molar-refractivity contribution >= 4 is 16.7 Å². The van der Waals surface area contributed by atoms with E-state index in [2.05, 4.69) is 5.32 Å². The zero-order chi connectivity index (χ0) is 11.1. The van der Waals surface area contributed by atoms with Crippen molar-refractivity contribution in [1.82, 2.24) is 5.32 Å². The Balaban J connectivity index is 2.14. The van der Waals surface area contributed by atoms with E-state index in [0.29, 0.717) is 18.3 Å². The maximum Gasteiger partial charge on any atom is 0.232 e. The lowest BCUT2D eigenvalue weighted by Crippen LogP contribution is -2.36. The molecule has 1 fully saturated rings. The second-order valence-electron chi connectivity index (χ2n) is 3.98. The van der Waals surface area contributed by atoms with Crippen molar-refractivity contribution in [1.29, 1.82) is 0 Å². The first kappa shape index (κ1) is 12.6. The Bertz CT molecular complexity index is 227. The van der Waals surface area contributed by atoms with Crippen LogP contribution in [0.4, 0.5) is 0 Å². The summed E-state index contributed by atoms with van der Waals surface area (Å²) in [6.07, 6.45) is 5.26. The van der Waals surface area contributed by atoms with Crippen LogP contribution in [0.25, 0.3) is 0 Å². The van der Waals surface area contributed by atoms with Crippen molar-refractivity contribution in [2.45, 2.75) is 38.1 Å². The van der Waals surface area contributed by atoms with Gasteiger partial charge in [-0.1, -0.05) is 12.8 Å². The molecule has 1 amide bonds. The van der Waals surface area contributed by atoms with Crippen LogP contribution in [0.15, 0.2) is 0 Å². The summed E-state index contributed by atoms with van der Waals surface area (Å²) in [5, 5.41) is 2.92. The molecule has 1 unspecified atom stereocenters. The molecule has 0 bridgehead atoms. The lowest BCUT2D eigenvalue weighted by molar-refractivity contribution is -0.119. The topological polar surface area (TPSA) is 72.2 Å². The molecule has 1 aliphatic carbocycles. The molecular formula is C10H20N2O2S. The van der Waals surface area contributed by atoms with Gasteiger partial charge in [-0.3, -0.25) is 9.00 Å². The fourth-order valence-corrected chi connectivity index (χ4v) is 2.81. The van der Waals surface area contributed by atoms with Crippen LogP contribution in [0.2, 0.25) is 0 Å². The SMILES string of the molecule is NCCCS(=O)CC(=O)NC1CCCC1. The number of carbonyl (C=O) groups is 1. The van der Waals surface area contributed by atoms with Gasteiger partial charge in [-0.05, 0) is 25.8 Å². The number of hydrogen-bond acceptors (Lipinski definition) is 3. The lowest BCUT2D eigenvalue weighted by Gasteiger charge is -2.11. The maximum absolute atomic E-state index is 11.4. The molecule has 15 heavy (non-hydrogen) atoms. The fraction of sp³-hybridized carbons (Fsp3) is 0.900. The van der Waals surface area contributed by atoms with Crippen LogP contribution in [0, 0.1) is 0 Å². The molecule has 4 nitrogen and oxygen atoms in total. The highest BCUT2D eigenvalue weighted by Crippen LogP contribution is 2.17. The summed E-state index contributed by atoms with van der Waals surface area (Å²) in [4.78, 5) is 11.4. The van der Waals surface area contributed by atoms with Gasteiger partial charge in [0.1, 0.15) is 5.75 Å². The molecule has 1 saturated carbocycles. The molecule has 0 aromatic rings. The van der Waals surface area contributed by atoms with Crippen LogP contribution in [-0.4, -0.2) is 34.2 Å². The molecule has 0 aromatic heterocycles. The van der Waals surface area contributed by atoms with Crippen molar-refractivity contribution in [3.8, 4) is 0 Å². The van der Waals surface area contributed by atoms with Gasteiger partial charge < -0.3 is 11.1 Å². The maximum atomic E-state index is 11.4. The molecule has 0 heterocycles. The molecule has 1 rings (SSSR count). The molecule has 0 aliphatic heterocycles. The minimum absolute atomic E-state index is 0.0720. The summed E-state index contributed by atoms with van der Waals surface area (Å²) in [5.41, 5.74) is 5.30. The summed E-state index contributed by atoms with van der Waals surface area (Å²) in [6, 6.07) is 0.323. The van der Waals surface area contributed by atoms with Crippen LogP contribution in [0.3, 0.4) is 0 Å². The van der Waals surface area contributed by atoms with E-state index in [1.807, 2.05) is 0 Å². The number of amides is 1. The summed E-state index contributed by atoms with van der Waals surface area (Å²) in [6.45, 7) is 0.538. The number of carbonyl (C=O) groups excluding carboxylic acids is 1. The standard InChI is InChI=1S/C10H20N2O2S/c11-6-3-7-15(14)8-10(13)12-9-4-1-2-5-9/h9H,1-8,11H2,(H,12,13). The second-order valence-corrected chi connectivity index (χ2v) is 5.56. The normalized spacial score (nSPS) is 19.0. The quantitative estimate of drug-likeness (QED) is 0.684. The van der Waals surface area contributed by atoms with Gasteiger partial charge in [0.15, 0.2) is 0 Å². The Morgan fingerprint density at radius 3 is 2.67 bits per heavy atom. The summed E-state index contributed by atoms with van der Waals surface area (Å²) < 4.78 is 11.4. The van der Waals surface area contributed by atoms with E-state index < -0.39 is 10.8 Å².